The molecule has 0 aromatic heterocycles. The highest BCUT2D eigenvalue weighted by atomic mass is 16.7. The number of unbranched alkanes of at least 4 members (excludes halogenated alkanes) is 3. The largest absolute Gasteiger partial charge is 0.490 e. The zero-order valence-corrected chi connectivity index (χ0v) is 14.4. The summed E-state index contributed by atoms with van der Waals surface area (Å²) in [5, 5.41) is 0. The molecule has 0 aromatic rings. The van der Waals surface area contributed by atoms with Crippen molar-refractivity contribution in [3.05, 3.63) is 11.5 Å². The second kappa shape index (κ2) is 9.85. The van der Waals surface area contributed by atoms with Gasteiger partial charge in [0.15, 0.2) is 0 Å². The average Bonchev–Trinajstić information content (AvgIpc) is 2.53. The lowest BCUT2D eigenvalue weighted by Gasteiger charge is -2.40. The highest BCUT2D eigenvalue weighted by Gasteiger charge is 2.60. The monoisotopic (exact) mass is 314 g/mol. The SMILES string of the molecule is CCCCOC1=C(OC)C(=O)C1(OCCCC)OCCCC. The van der Waals surface area contributed by atoms with E-state index in [0.29, 0.717) is 25.6 Å². The lowest BCUT2D eigenvalue weighted by molar-refractivity contribution is -0.240. The number of Topliss-reactive ketones (excluding diaryl/α,β-unsaturated/α-hetero) is 1. The van der Waals surface area contributed by atoms with Crippen LogP contribution in [0.5, 0.6) is 0 Å². The molecule has 5 heteroatoms. The second-order valence-corrected chi connectivity index (χ2v) is 5.41. The molecule has 0 aromatic carbocycles. The van der Waals surface area contributed by atoms with E-state index in [9.17, 15) is 4.79 Å². The van der Waals surface area contributed by atoms with Crippen molar-refractivity contribution in [3.8, 4) is 0 Å². The van der Waals surface area contributed by atoms with Gasteiger partial charge >= 0.3 is 5.79 Å². The standard InChI is InChI=1S/C17H30O5/c1-5-8-11-20-16-14(19-4)15(18)17(16,21-12-9-6-2)22-13-10-7-3/h5-13H2,1-4H3. The predicted octanol–water partition coefficient (Wildman–Crippen LogP) is 3.57. The summed E-state index contributed by atoms with van der Waals surface area (Å²) >= 11 is 0. The van der Waals surface area contributed by atoms with Crippen molar-refractivity contribution in [2.24, 2.45) is 0 Å². The van der Waals surface area contributed by atoms with Gasteiger partial charge in [0.05, 0.1) is 26.9 Å². The molecule has 0 unspecified atom stereocenters. The van der Waals surface area contributed by atoms with Gasteiger partial charge in [0.1, 0.15) is 0 Å². The van der Waals surface area contributed by atoms with Crippen molar-refractivity contribution in [3.63, 3.8) is 0 Å². The van der Waals surface area contributed by atoms with Crippen LogP contribution in [0, 0.1) is 0 Å². The number of ketones is 1. The number of hydrogen-bond acceptors (Lipinski definition) is 5. The Morgan fingerprint density at radius 1 is 0.864 bits per heavy atom. The maximum absolute atomic E-state index is 12.4. The Morgan fingerprint density at radius 3 is 1.82 bits per heavy atom. The highest BCUT2D eigenvalue weighted by Crippen LogP contribution is 2.41. The summed E-state index contributed by atoms with van der Waals surface area (Å²) in [5.74, 6) is -1.03. The summed E-state index contributed by atoms with van der Waals surface area (Å²) in [5.41, 5.74) is 0. The minimum Gasteiger partial charge on any atom is -0.490 e. The first-order valence-electron chi connectivity index (χ1n) is 8.42. The third kappa shape index (κ3) is 4.23. The van der Waals surface area contributed by atoms with Crippen LogP contribution >= 0.6 is 0 Å². The number of ether oxygens (including phenoxy) is 4. The van der Waals surface area contributed by atoms with Gasteiger partial charge in [-0.05, 0) is 19.3 Å². The van der Waals surface area contributed by atoms with Crippen LogP contribution in [-0.2, 0) is 23.7 Å². The molecule has 0 atom stereocenters. The Labute approximate surface area is 133 Å². The van der Waals surface area contributed by atoms with Crippen molar-refractivity contribution < 1.29 is 23.7 Å². The third-order valence-electron chi connectivity index (χ3n) is 3.57. The van der Waals surface area contributed by atoms with E-state index in [2.05, 4.69) is 20.8 Å². The van der Waals surface area contributed by atoms with Gasteiger partial charge in [0.25, 0.3) is 5.78 Å². The molecule has 0 amide bonds. The van der Waals surface area contributed by atoms with Gasteiger partial charge in [-0.1, -0.05) is 40.0 Å². The molecule has 0 heterocycles. The summed E-state index contributed by atoms with van der Waals surface area (Å²) in [4.78, 5) is 12.4. The molecule has 1 aliphatic rings. The maximum atomic E-state index is 12.4. The van der Waals surface area contributed by atoms with E-state index < -0.39 is 5.79 Å². The van der Waals surface area contributed by atoms with E-state index in [1.54, 1.807) is 0 Å². The van der Waals surface area contributed by atoms with Gasteiger partial charge in [0.2, 0.25) is 11.5 Å². The van der Waals surface area contributed by atoms with Crippen molar-refractivity contribution in [1.29, 1.82) is 0 Å². The first-order chi connectivity index (χ1) is 10.7. The summed E-state index contributed by atoms with van der Waals surface area (Å²) in [6, 6.07) is 0. The van der Waals surface area contributed by atoms with E-state index in [1.807, 2.05) is 0 Å². The van der Waals surface area contributed by atoms with Crippen LogP contribution in [-0.4, -0.2) is 38.5 Å². The third-order valence-corrected chi connectivity index (χ3v) is 3.57. The van der Waals surface area contributed by atoms with Gasteiger partial charge < -0.3 is 18.9 Å². The molecule has 1 rings (SSSR count). The topological polar surface area (TPSA) is 54.0 Å². The van der Waals surface area contributed by atoms with E-state index >= 15 is 0 Å². The van der Waals surface area contributed by atoms with Crippen molar-refractivity contribution in [1.82, 2.24) is 0 Å². The molecule has 1 aliphatic carbocycles. The van der Waals surface area contributed by atoms with E-state index in [0.717, 1.165) is 38.5 Å². The molecule has 22 heavy (non-hydrogen) atoms. The number of carbonyl (C=O) groups excluding carboxylic acids is 1. The summed E-state index contributed by atoms with van der Waals surface area (Å²) in [7, 11) is 1.47. The number of rotatable bonds is 13. The fourth-order valence-electron chi connectivity index (χ4n) is 2.13. The molecule has 0 radical (unpaired) electrons. The molecule has 0 spiro atoms. The highest BCUT2D eigenvalue weighted by molar-refractivity contribution is 6.09. The van der Waals surface area contributed by atoms with Crippen molar-refractivity contribution in [2.45, 2.75) is 65.1 Å². The van der Waals surface area contributed by atoms with Crippen LogP contribution in [0.4, 0.5) is 0 Å². The smallest absolute Gasteiger partial charge is 0.301 e. The van der Waals surface area contributed by atoms with E-state index in [4.69, 9.17) is 18.9 Å². The van der Waals surface area contributed by atoms with Crippen molar-refractivity contribution >= 4 is 5.78 Å². The zero-order chi connectivity index (χ0) is 16.4. The van der Waals surface area contributed by atoms with Crippen LogP contribution in [0.2, 0.25) is 0 Å². The van der Waals surface area contributed by atoms with Gasteiger partial charge in [0, 0.05) is 0 Å². The van der Waals surface area contributed by atoms with E-state index in [-0.39, 0.29) is 11.5 Å². The number of carbonyl (C=O) groups is 1. The quantitative estimate of drug-likeness (QED) is 0.384. The molecule has 0 aliphatic heterocycles. The Hall–Kier alpha value is -1.07. The molecule has 128 valence electrons. The van der Waals surface area contributed by atoms with Crippen LogP contribution in [0.25, 0.3) is 0 Å². The zero-order valence-electron chi connectivity index (χ0n) is 14.4. The van der Waals surface area contributed by atoms with Gasteiger partial charge in [-0.15, -0.1) is 0 Å². The number of hydrogen-bond donors (Lipinski definition) is 0. The summed E-state index contributed by atoms with van der Waals surface area (Å²) in [6.45, 7) is 7.70. The molecule has 0 N–H and O–H groups in total. The fourth-order valence-corrected chi connectivity index (χ4v) is 2.13. The molecular weight excluding hydrogens is 284 g/mol. The lowest BCUT2D eigenvalue weighted by atomic mass is 9.93. The normalized spacial score (nSPS) is 16.6. The predicted molar refractivity (Wildman–Crippen MR) is 84.4 cm³/mol. The second-order valence-electron chi connectivity index (χ2n) is 5.41. The summed E-state index contributed by atoms with van der Waals surface area (Å²) in [6.07, 6.45) is 5.66. The Balaban J connectivity index is 2.84. The van der Waals surface area contributed by atoms with Crippen LogP contribution in [0.3, 0.4) is 0 Å². The lowest BCUT2D eigenvalue weighted by Crippen LogP contribution is -2.56. The van der Waals surface area contributed by atoms with Crippen LogP contribution < -0.4 is 0 Å². The van der Waals surface area contributed by atoms with Crippen molar-refractivity contribution in [2.75, 3.05) is 26.9 Å². The summed E-state index contributed by atoms with van der Waals surface area (Å²) < 4.78 is 22.5. The Bertz CT molecular complexity index is 365. The minimum atomic E-state index is -1.39. The average molecular weight is 314 g/mol. The maximum Gasteiger partial charge on any atom is 0.301 e. The van der Waals surface area contributed by atoms with E-state index in [1.165, 1.54) is 7.11 Å². The fraction of sp³-hybridized carbons (Fsp3) is 0.824. The Kier molecular flexibility index (Phi) is 8.49. The molecule has 0 fully saturated rings. The number of methoxy groups -OCH3 is 1. The molecule has 0 saturated heterocycles. The molecule has 5 nitrogen and oxygen atoms in total. The van der Waals surface area contributed by atoms with Crippen LogP contribution in [0.15, 0.2) is 11.5 Å². The Morgan fingerprint density at radius 2 is 1.36 bits per heavy atom. The van der Waals surface area contributed by atoms with Gasteiger partial charge in [-0.2, -0.15) is 0 Å². The first-order valence-corrected chi connectivity index (χ1v) is 8.42. The van der Waals surface area contributed by atoms with Crippen LogP contribution in [0.1, 0.15) is 59.3 Å². The first kappa shape index (κ1) is 19.0. The minimum absolute atomic E-state index is 0.226. The molecule has 0 bridgehead atoms. The van der Waals surface area contributed by atoms with Gasteiger partial charge in [-0.3, -0.25) is 4.79 Å². The van der Waals surface area contributed by atoms with Gasteiger partial charge in [-0.25, -0.2) is 0 Å². The molecular formula is C17H30O5. The molecule has 0 saturated carbocycles.